The van der Waals surface area contributed by atoms with Crippen molar-refractivity contribution in [3.8, 4) is 0 Å². The number of sulfonamides is 1. The zero-order chi connectivity index (χ0) is 10.1. The predicted molar refractivity (Wildman–Crippen MR) is 53.9 cm³/mol. The zero-order valence-electron chi connectivity index (χ0n) is 8.16. The molecule has 0 spiro atoms. The van der Waals surface area contributed by atoms with Crippen LogP contribution < -0.4 is 4.72 Å². The molecule has 1 rings (SSSR count). The molecule has 0 bridgehead atoms. The van der Waals surface area contributed by atoms with Gasteiger partial charge in [0.05, 0.1) is 5.25 Å². The van der Waals surface area contributed by atoms with Gasteiger partial charge in [-0.05, 0) is 32.6 Å². The van der Waals surface area contributed by atoms with Crippen molar-refractivity contribution in [2.24, 2.45) is 5.92 Å². The Bertz CT molecular complexity index is 282. The lowest BCUT2D eigenvalue weighted by atomic mass is 10.3. The maximum Gasteiger partial charge on any atom is 0.214 e. The summed E-state index contributed by atoms with van der Waals surface area (Å²) in [6.45, 7) is 7.01. The molecule has 1 aliphatic carbocycles. The van der Waals surface area contributed by atoms with E-state index >= 15 is 0 Å². The summed E-state index contributed by atoms with van der Waals surface area (Å²) in [7, 11) is -3.07. The molecule has 76 valence electrons. The van der Waals surface area contributed by atoms with Gasteiger partial charge >= 0.3 is 0 Å². The van der Waals surface area contributed by atoms with E-state index in [4.69, 9.17) is 0 Å². The van der Waals surface area contributed by atoms with E-state index in [0.717, 1.165) is 12.8 Å². The number of hydrogen-bond donors (Lipinski definition) is 1. The lowest BCUT2D eigenvalue weighted by Crippen LogP contribution is -2.33. The first-order valence-electron chi connectivity index (χ1n) is 4.59. The van der Waals surface area contributed by atoms with E-state index in [9.17, 15) is 8.42 Å². The van der Waals surface area contributed by atoms with Crippen LogP contribution in [0.4, 0.5) is 0 Å². The van der Waals surface area contributed by atoms with Crippen molar-refractivity contribution >= 4 is 10.0 Å². The van der Waals surface area contributed by atoms with Gasteiger partial charge in [-0.2, -0.15) is 0 Å². The standard InChI is InChI=1S/C9H17NO2S/c1-4-5-8-6-9(8)10-13(11,12)7(2)3/h4,7-10H,1,5-6H2,2-3H3. The topological polar surface area (TPSA) is 46.2 Å². The van der Waals surface area contributed by atoms with Gasteiger partial charge in [0.1, 0.15) is 0 Å². The fourth-order valence-electron chi connectivity index (χ4n) is 1.21. The van der Waals surface area contributed by atoms with Gasteiger partial charge in [0.25, 0.3) is 0 Å². The third-order valence-electron chi connectivity index (χ3n) is 2.33. The van der Waals surface area contributed by atoms with Gasteiger partial charge in [0.2, 0.25) is 10.0 Å². The van der Waals surface area contributed by atoms with E-state index in [1.54, 1.807) is 13.8 Å². The van der Waals surface area contributed by atoms with Gasteiger partial charge < -0.3 is 0 Å². The maximum atomic E-state index is 11.4. The Balaban J connectivity index is 2.40. The molecule has 1 fully saturated rings. The quantitative estimate of drug-likeness (QED) is 0.684. The second kappa shape index (κ2) is 3.80. The first kappa shape index (κ1) is 10.7. The van der Waals surface area contributed by atoms with Crippen LogP contribution in [0.15, 0.2) is 12.7 Å². The molecule has 1 saturated carbocycles. The van der Waals surface area contributed by atoms with Gasteiger partial charge in [-0.3, -0.25) is 0 Å². The normalized spacial score (nSPS) is 27.6. The third kappa shape index (κ3) is 2.81. The van der Waals surface area contributed by atoms with Gasteiger partial charge in [-0.1, -0.05) is 6.08 Å². The van der Waals surface area contributed by atoms with Gasteiger partial charge in [0, 0.05) is 6.04 Å². The van der Waals surface area contributed by atoms with Crippen LogP contribution >= 0.6 is 0 Å². The predicted octanol–water partition coefficient (Wildman–Crippen LogP) is 1.28. The molecule has 0 aromatic rings. The molecule has 0 aromatic heterocycles. The summed E-state index contributed by atoms with van der Waals surface area (Å²) >= 11 is 0. The summed E-state index contributed by atoms with van der Waals surface area (Å²) < 4.78 is 25.5. The van der Waals surface area contributed by atoms with Crippen molar-refractivity contribution in [1.29, 1.82) is 0 Å². The second-order valence-electron chi connectivity index (χ2n) is 3.84. The summed E-state index contributed by atoms with van der Waals surface area (Å²) in [6.07, 6.45) is 3.71. The zero-order valence-corrected chi connectivity index (χ0v) is 8.97. The lowest BCUT2D eigenvalue weighted by molar-refractivity contribution is 0.568. The van der Waals surface area contributed by atoms with E-state index in [1.165, 1.54) is 0 Å². The molecular weight excluding hydrogens is 186 g/mol. The average molecular weight is 203 g/mol. The van der Waals surface area contributed by atoms with Crippen molar-refractivity contribution in [3.05, 3.63) is 12.7 Å². The SMILES string of the molecule is C=CCC1CC1NS(=O)(=O)C(C)C. The molecule has 2 unspecified atom stereocenters. The van der Waals surface area contributed by atoms with Gasteiger partial charge in [-0.15, -0.1) is 6.58 Å². The lowest BCUT2D eigenvalue weighted by Gasteiger charge is -2.08. The van der Waals surface area contributed by atoms with E-state index in [0.29, 0.717) is 5.92 Å². The Hall–Kier alpha value is -0.350. The first-order chi connectivity index (χ1) is 5.97. The van der Waals surface area contributed by atoms with Crippen LogP contribution in [0.5, 0.6) is 0 Å². The Kier molecular flexibility index (Phi) is 3.14. The second-order valence-corrected chi connectivity index (χ2v) is 6.11. The smallest absolute Gasteiger partial charge is 0.212 e. The van der Waals surface area contributed by atoms with Crippen molar-refractivity contribution in [3.63, 3.8) is 0 Å². The summed E-state index contributed by atoms with van der Waals surface area (Å²) in [5, 5.41) is -0.336. The van der Waals surface area contributed by atoms with E-state index in [-0.39, 0.29) is 11.3 Å². The number of hydrogen-bond acceptors (Lipinski definition) is 2. The molecule has 2 atom stereocenters. The fraction of sp³-hybridized carbons (Fsp3) is 0.778. The first-order valence-corrected chi connectivity index (χ1v) is 6.14. The summed E-state index contributed by atoms with van der Waals surface area (Å²) in [4.78, 5) is 0. The molecule has 3 nitrogen and oxygen atoms in total. The molecule has 0 heterocycles. The van der Waals surface area contributed by atoms with Crippen LogP contribution in [0.2, 0.25) is 0 Å². The molecule has 1 aliphatic rings. The highest BCUT2D eigenvalue weighted by molar-refractivity contribution is 7.90. The highest BCUT2D eigenvalue weighted by atomic mass is 32.2. The number of allylic oxidation sites excluding steroid dienone is 1. The summed E-state index contributed by atoms with van der Waals surface area (Å²) in [6, 6.07) is 0.158. The van der Waals surface area contributed by atoms with Gasteiger partial charge in [-0.25, -0.2) is 13.1 Å². The van der Waals surface area contributed by atoms with E-state index in [1.807, 2.05) is 6.08 Å². The minimum atomic E-state index is -3.07. The molecule has 1 N–H and O–H groups in total. The minimum Gasteiger partial charge on any atom is -0.212 e. The monoisotopic (exact) mass is 203 g/mol. The van der Waals surface area contributed by atoms with Crippen LogP contribution in [0.25, 0.3) is 0 Å². The third-order valence-corrected chi connectivity index (χ3v) is 4.20. The Morgan fingerprint density at radius 1 is 1.62 bits per heavy atom. The van der Waals surface area contributed by atoms with Crippen LogP contribution in [-0.2, 0) is 10.0 Å². The van der Waals surface area contributed by atoms with Crippen LogP contribution in [0.1, 0.15) is 26.7 Å². The molecule has 0 amide bonds. The molecule has 0 aliphatic heterocycles. The summed E-state index contributed by atoms with van der Waals surface area (Å²) in [5.41, 5.74) is 0. The Labute approximate surface area is 80.3 Å². The molecular formula is C9H17NO2S. The van der Waals surface area contributed by atoms with E-state index in [2.05, 4.69) is 11.3 Å². The largest absolute Gasteiger partial charge is 0.214 e. The minimum absolute atomic E-state index is 0.158. The summed E-state index contributed by atoms with van der Waals surface area (Å²) in [5.74, 6) is 0.478. The highest BCUT2D eigenvalue weighted by Crippen LogP contribution is 2.34. The van der Waals surface area contributed by atoms with Crippen LogP contribution in [-0.4, -0.2) is 19.7 Å². The van der Waals surface area contributed by atoms with Crippen molar-refractivity contribution in [1.82, 2.24) is 4.72 Å². The van der Waals surface area contributed by atoms with Crippen molar-refractivity contribution in [2.75, 3.05) is 0 Å². The molecule has 13 heavy (non-hydrogen) atoms. The number of rotatable bonds is 5. The highest BCUT2D eigenvalue weighted by Gasteiger charge is 2.39. The number of nitrogens with one attached hydrogen (secondary N) is 1. The van der Waals surface area contributed by atoms with Crippen LogP contribution in [0.3, 0.4) is 0 Å². The average Bonchev–Trinajstić information content (AvgIpc) is 2.67. The Morgan fingerprint density at radius 3 is 2.69 bits per heavy atom. The van der Waals surface area contributed by atoms with Crippen molar-refractivity contribution in [2.45, 2.75) is 38.0 Å². The van der Waals surface area contributed by atoms with Crippen molar-refractivity contribution < 1.29 is 8.42 Å². The Morgan fingerprint density at radius 2 is 2.23 bits per heavy atom. The van der Waals surface area contributed by atoms with E-state index < -0.39 is 10.0 Å². The fourth-order valence-corrected chi connectivity index (χ4v) is 2.20. The molecule has 0 aromatic carbocycles. The maximum absolute atomic E-state index is 11.4. The van der Waals surface area contributed by atoms with Gasteiger partial charge in [0.15, 0.2) is 0 Å². The van der Waals surface area contributed by atoms with Crippen LogP contribution in [0, 0.1) is 5.92 Å². The molecule has 0 saturated heterocycles. The molecule has 4 heteroatoms. The molecule has 0 radical (unpaired) electrons.